The average molecular weight is 1060 g/mol. The maximum atomic E-state index is 13.5. The maximum Gasteiger partial charge on any atom is 0.306 e. The number of nitrogens with zero attached hydrogens (tertiary/aromatic N) is 1. The van der Waals surface area contributed by atoms with Crippen LogP contribution in [0.15, 0.2) is 48.6 Å². The molecule has 0 saturated carbocycles. The molecule has 0 aromatic rings. The van der Waals surface area contributed by atoms with Gasteiger partial charge >= 0.3 is 5.97 Å². The predicted molar refractivity (Wildman–Crippen MR) is 316 cm³/mol. The Balaban J connectivity index is 5.29. The van der Waals surface area contributed by atoms with Gasteiger partial charge in [-0.15, -0.1) is 0 Å². The molecule has 0 spiro atoms. The molecular formula is C64H121N2O7P. The minimum absolute atomic E-state index is 0.0241. The van der Waals surface area contributed by atoms with Gasteiger partial charge in [0, 0.05) is 12.8 Å². The first-order valence-electron chi connectivity index (χ1n) is 31.4. The van der Waals surface area contributed by atoms with Gasteiger partial charge in [0.25, 0.3) is 7.82 Å². The van der Waals surface area contributed by atoms with Crippen molar-refractivity contribution in [1.82, 2.24) is 5.32 Å². The molecule has 3 unspecified atom stereocenters. The van der Waals surface area contributed by atoms with Crippen molar-refractivity contribution in [1.29, 1.82) is 0 Å². The predicted octanol–water partition coefficient (Wildman–Crippen LogP) is 18.6. The van der Waals surface area contributed by atoms with E-state index in [0.29, 0.717) is 17.4 Å². The van der Waals surface area contributed by atoms with Crippen molar-refractivity contribution < 1.29 is 37.3 Å². The van der Waals surface area contributed by atoms with Gasteiger partial charge in [0.05, 0.1) is 33.8 Å². The van der Waals surface area contributed by atoms with Crippen LogP contribution in [-0.4, -0.2) is 69.4 Å². The highest BCUT2D eigenvalue weighted by Crippen LogP contribution is 2.38. The molecule has 1 amide bonds. The number of amides is 1. The molecule has 9 nitrogen and oxygen atoms in total. The topological polar surface area (TPSA) is 114 Å². The average Bonchev–Trinajstić information content (AvgIpc) is 3.36. The van der Waals surface area contributed by atoms with E-state index in [4.69, 9.17) is 13.8 Å². The van der Waals surface area contributed by atoms with E-state index in [1.54, 1.807) is 0 Å². The van der Waals surface area contributed by atoms with Gasteiger partial charge < -0.3 is 28.5 Å². The highest BCUT2D eigenvalue weighted by Gasteiger charge is 2.27. The summed E-state index contributed by atoms with van der Waals surface area (Å²) in [5.74, 6) is -0.547. The summed E-state index contributed by atoms with van der Waals surface area (Å²) in [5, 5.41) is 3.03. The SMILES string of the molecule is CCCCC/C=C\C/C=C\CCCCCCCCCCCC(=O)OC(/C=C/CCCCCCCCCCCCC)C(COP(=O)([O-])OCC[N+](C)(C)C)NC(=O)CCCCCCC/C=C/CCCCCCCCC. The molecule has 0 heterocycles. The summed E-state index contributed by atoms with van der Waals surface area (Å²) in [6, 6.07) is -0.893. The summed E-state index contributed by atoms with van der Waals surface area (Å²) in [6.07, 6.45) is 66.4. The van der Waals surface area contributed by atoms with Crippen LogP contribution in [0, 0.1) is 0 Å². The lowest BCUT2D eigenvalue weighted by molar-refractivity contribution is -0.870. The first-order chi connectivity index (χ1) is 35.9. The van der Waals surface area contributed by atoms with Crippen molar-refractivity contribution in [2.24, 2.45) is 0 Å². The molecule has 10 heteroatoms. The molecule has 434 valence electrons. The first-order valence-corrected chi connectivity index (χ1v) is 32.9. The number of rotatable bonds is 57. The van der Waals surface area contributed by atoms with E-state index < -0.39 is 26.6 Å². The second-order valence-corrected chi connectivity index (χ2v) is 24.0. The highest BCUT2D eigenvalue weighted by molar-refractivity contribution is 7.45. The van der Waals surface area contributed by atoms with Gasteiger partial charge in [-0.2, -0.15) is 0 Å². The Kier molecular flexibility index (Phi) is 52.8. The number of hydrogen-bond acceptors (Lipinski definition) is 7. The molecule has 0 fully saturated rings. The Morgan fingerprint density at radius 3 is 1.26 bits per heavy atom. The molecular weight excluding hydrogens is 940 g/mol. The van der Waals surface area contributed by atoms with E-state index in [-0.39, 0.29) is 24.9 Å². The maximum absolute atomic E-state index is 13.5. The number of quaternary nitrogens is 1. The summed E-state index contributed by atoms with van der Waals surface area (Å²) >= 11 is 0. The van der Waals surface area contributed by atoms with Crippen molar-refractivity contribution >= 4 is 19.7 Å². The van der Waals surface area contributed by atoms with Gasteiger partial charge in [-0.3, -0.25) is 14.2 Å². The van der Waals surface area contributed by atoms with Crippen molar-refractivity contribution in [3.05, 3.63) is 48.6 Å². The Morgan fingerprint density at radius 1 is 0.473 bits per heavy atom. The molecule has 0 bridgehead atoms. The van der Waals surface area contributed by atoms with Gasteiger partial charge in [0.2, 0.25) is 5.91 Å². The molecule has 0 saturated heterocycles. The fourth-order valence-corrected chi connectivity index (χ4v) is 9.80. The number of ether oxygens (including phenoxy) is 1. The summed E-state index contributed by atoms with van der Waals surface area (Å²) < 4.78 is 30.3. The molecule has 0 aromatic carbocycles. The summed E-state index contributed by atoms with van der Waals surface area (Å²) in [6.45, 7) is 6.83. The zero-order valence-electron chi connectivity index (χ0n) is 49.6. The van der Waals surface area contributed by atoms with E-state index >= 15 is 0 Å². The van der Waals surface area contributed by atoms with Crippen LogP contribution in [0.5, 0.6) is 0 Å². The van der Waals surface area contributed by atoms with Crippen LogP contribution >= 0.6 is 7.82 Å². The zero-order valence-corrected chi connectivity index (χ0v) is 50.4. The third kappa shape index (κ3) is 54.7. The number of phosphoric acid groups is 1. The third-order valence-electron chi connectivity index (χ3n) is 14.0. The van der Waals surface area contributed by atoms with Crippen LogP contribution in [0.2, 0.25) is 0 Å². The Morgan fingerprint density at radius 2 is 0.824 bits per heavy atom. The van der Waals surface area contributed by atoms with E-state index in [1.165, 1.54) is 173 Å². The lowest BCUT2D eigenvalue weighted by Gasteiger charge is -2.30. The Hall–Kier alpha value is -2.03. The standard InChI is InChI=1S/C64H121N2O7P/c1-7-10-13-16-19-22-25-28-30-32-33-34-36-39-42-45-48-51-54-57-64(68)73-62(55-52-49-46-43-40-37-27-24-21-18-15-12-9-3)61(60-72-74(69,70)71-59-58-66(4,5)6)65-63(67)56-53-50-47-44-41-38-35-31-29-26-23-20-17-14-11-8-2/h19,22,28,30-31,35,52,55,61-62H,7-18,20-21,23-27,29,32-34,36-51,53-54,56-60H2,1-6H3,(H-,65,67,69,70)/b22-19-,30-28-,35-31+,55-52+. The molecule has 3 atom stereocenters. The van der Waals surface area contributed by atoms with Crippen LogP contribution < -0.4 is 10.2 Å². The highest BCUT2D eigenvalue weighted by atomic mass is 31.2. The van der Waals surface area contributed by atoms with Crippen molar-refractivity contribution in [2.45, 2.75) is 309 Å². The number of hydrogen-bond donors (Lipinski definition) is 1. The first kappa shape index (κ1) is 72.0. The van der Waals surface area contributed by atoms with Gasteiger partial charge in [-0.25, -0.2) is 0 Å². The molecule has 0 rings (SSSR count). The molecule has 0 aliphatic heterocycles. The van der Waals surface area contributed by atoms with E-state index in [9.17, 15) is 19.0 Å². The van der Waals surface area contributed by atoms with E-state index in [1.807, 2.05) is 33.3 Å². The number of nitrogens with one attached hydrogen (secondary N) is 1. The normalized spacial score (nSPS) is 14.0. The van der Waals surface area contributed by atoms with Gasteiger partial charge in [-0.05, 0) is 89.5 Å². The molecule has 74 heavy (non-hydrogen) atoms. The monoisotopic (exact) mass is 1060 g/mol. The summed E-state index contributed by atoms with van der Waals surface area (Å²) in [4.78, 5) is 40.0. The van der Waals surface area contributed by atoms with Crippen molar-refractivity contribution in [3.63, 3.8) is 0 Å². The van der Waals surface area contributed by atoms with Crippen LogP contribution in [0.1, 0.15) is 297 Å². The Bertz CT molecular complexity index is 1410. The lowest BCUT2D eigenvalue weighted by atomic mass is 10.0. The number of likely N-dealkylation sites (N-methyl/N-ethyl adjacent to an activating group) is 1. The second kappa shape index (κ2) is 54.3. The quantitative estimate of drug-likeness (QED) is 0.0212. The van der Waals surface area contributed by atoms with Crippen LogP contribution in [-0.2, 0) is 27.9 Å². The van der Waals surface area contributed by atoms with Crippen molar-refractivity contribution in [2.75, 3.05) is 40.9 Å². The minimum atomic E-state index is -4.70. The van der Waals surface area contributed by atoms with Gasteiger partial charge in [0.15, 0.2) is 0 Å². The molecule has 1 N–H and O–H groups in total. The van der Waals surface area contributed by atoms with Crippen LogP contribution in [0.25, 0.3) is 0 Å². The minimum Gasteiger partial charge on any atom is -0.756 e. The van der Waals surface area contributed by atoms with Crippen LogP contribution in [0.4, 0.5) is 0 Å². The fourth-order valence-electron chi connectivity index (χ4n) is 9.08. The molecule has 0 aliphatic carbocycles. The largest absolute Gasteiger partial charge is 0.756 e. The second-order valence-electron chi connectivity index (χ2n) is 22.6. The number of carbonyl (C=O) groups excluding carboxylic acids is 2. The lowest BCUT2D eigenvalue weighted by Crippen LogP contribution is -2.47. The van der Waals surface area contributed by atoms with E-state index in [2.05, 4.69) is 62.5 Å². The summed E-state index contributed by atoms with van der Waals surface area (Å²) in [7, 11) is 1.18. The number of allylic oxidation sites excluding steroid dienone is 7. The zero-order chi connectivity index (χ0) is 54.3. The Labute approximate surface area is 458 Å². The molecule has 0 aliphatic rings. The summed E-state index contributed by atoms with van der Waals surface area (Å²) in [5.41, 5.74) is 0. The number of esters is 1. The van der Waals surface area contributed by atoms with Crippen molar-refractivity contribution in [3.8, 4) is 0 Å². The number of carbonyl (C=O) groups is 2. The number of unbranched alkanes of at least 4 members (excludes halogenated alkanes) is 35. The third-order valence-corrected chi connectivity index (χ3v) is 14.9. The molecule has 0 aromatic heterocycles. The smallest absolute Gasteiger partial charge is 0.306 e. The van der Waals surface area contributed by atoms with Crippen LogP contribution in [0.3, 0.4) is 0 Å². The molecule has 0 radical (unpaired) electrons. The number of phosphoric ester groups is 1. The fraction of sp³-hybridized carbons (Fsp3) is 0.844. The van der Waals surface area contributed by atoms with Gasteiger partial charge in [-0.1, -0.05) is 243 Å². The van der Waals surface area contributed by atoms with Gasteiger partial charge in [0.1, 0.15) is 19.3 Å². The van der Waals surface area contributed by atoms with E-state index in [0.717, 1.165) is 89.9 Å².